The van der Waals surface area contributed by atoms with E-state index in [-0.39, 0.29) is 21.6 Å². The first-order valence-corrected chi connectivity index (χ1v) is 12.9. The van der Waals surface area contributed by atoms with Gasteiger partial charge < -0.3 is 14.5 Å². The summed E-state index contributed by atoms with van der Waals surface area (Å²) in [6, 6.07) is 15.1. The molecule has 4 rings (SSSR count). The largest absolute Gasteiger partial charge is 0.497 e. The van der Waals surface area contributed by atoms with Crippen LogP contribution in [0.15, 0.2) is 75.2 Å². The number of carbonyl (C=O) groups excluding carboxylic acids is 1. The number of oxazole rings is 1. The number of sulfonamides is 1. The molecule has 13 heteroatoms. The van der Waals surface area contributed by atoms with Gasteiger partial charge in [-0.3, -0.25) is 19.6 Å². The lowest BCUT2D eigenvalue weighted by Crippen LogP contribution is -2.14. The molecule has 36 heavy (non-hydrogen) atoms. The van der Waals surface area contributed by atoms with Crippen LogP contribution in [0.25, 0.3) is 11.1 Å². The molecule has 0 aliphatic heterocycles. The summed E-state index contributed by atoms with van der Waals surface area (Å²) in [7, 11) is -2.36. The molecule has 0 unspecified atom stereocenters. The molecule has 0 aliphatic rings. The molecule has 1 heterocycles. The zero-order valence-corrected chi connectivity index (χ0v) is 20.7. The molecule has 0 atom stereocenters. The van der Waals surface area contributed by atoms with E-state index in [1.807, 2.05) is 0 Å². The van der Waals surface area contributed by atoms with Crippen LogP contribution in [0.3, 0.4) is 0 Å². The van der Waals surface area contributed by atoms with Gasteiger partial charge in [0.2, 0.25) is 5.91 Å². The summed E-state index contributed by atoms with van der Waals surface area (Å²) < 4.78 is 38.7. The highest BCUT2D eigenvalue weighted by Crippen LogP contribution is 2.27. The van der Waals surface area contributed by atoms with Crippen molar-refractivity contribution < 1.29 is 27.3 Å². The van der Waals surface area contributed by atoms with Crippen LogP contribution in [0, 0.1) is 17.0 Å². The summed E-state index contributed by atoms with van der Waals surface area (Å²) in [4.78, 5) is 27.1. The third-order valence-corrected chi connectivity index (χ3v) is 7.22. The zero-order chi connectivity index (χ0) is 25.9. The van der Waals surface area contributed by atoms with Crippen LogP contribution in [0.1, 0.15) is 5.56 Å². The fourth-order valence-electron chi connectivity index (χ4n) is 3.20. The minimum absolute atomic E-state index is 0.00521. The van der Waals surface area contributed by atoms with Gasteiger partial charge in [0.05, 0.1) is 22.7 Å². The number of amides is 1. The number of thioether (sulfide) groups is 1. The summed E-state index contributed by atoms with van der Waals surface area (Å²) >= 11 is 1.01. The molecule has 2 N–H and O–H groups in total. The molecule has 0 aliphatic carbocycles. The van der Waals surface area contributed by atoms with E-state index in [2.05, 4.69) is 15.0 Å². The number of aromatic nitrogens is 1. The Kier molecular flexibility index (Phi) is 7.12. The summed E-state index contributed by atoms with van der Waals surface area (Å²) in [5, 5.41) is 13.9. The number of rotatable bonds is 9. The van der Waals surface area contributed by atoms with Gasteiger partial charge in [-0.25, -0.2) is 13.4 Å². The molecule has 1 amide bonds. The highest BCUT2D eigenvalue weighted by atomic mass is 32.2. The topological polar surface area (TPSA) is 154 Å². The standard InChI is InChI=1S/C23H20N4O7S2/c1-14-3-4-16(11-20(14)27(29)30)24-22(28)13-35-23-25-19-12-18(9-10-21(19)34-23)36(31,32)26-15-5-7-17(33-2)8-6-15/h3-12,26H,13H2,1-2H3,(H,24,28). The Bertz CT molecular complexity index is 1550. The molecule has 0 radical (unpaired) electrons. The van der Waals surface area contributed by atoms with Crippen molar-refractivity contribution in [3.05, 3.63) is 76.3 Å². The highest BCUT2D eigenvalue weighted by Gasteiger charge is 2.18. The molecule has 1 aromatic heterocycles. The van der Waals surface area contributed by atoms with Crippen molar-refractivity contribution in [1.82, 2.24) is 4.98 Å². The van der Waals surface area contributed by atoms with E-state index in [1.54, 1.807) is 43.3 Å². The van der Waals surface area contributed by atoms with Gasteiger partial charge in [-0.1, -0.05) is 17.8 Å². The van der Waals surface area contributed by atoms with Crippen molar-refractivity contribution in [2.75, 3.05) is 22.9 Å². The lowest BCUT2D eigenvalue weighted by atomic mass is 10.2. The molecule has 0 spiro atoms. The summed E-state index contributed by atoms with van der Waals surface area (Å²) in [6.45, 7) is 1.61. The van der Waals surface area contributed by atoms with Crippen molar-refractivity contribution in [3.63, 3.8) is 0 Å². The first-order chi connectivity index (χ1) is 17.1. The summed E-state index contributed by atoms with van der Waals surface area (Å²) in [5.74, 6) is 0.117. The van der Waals surface area contributed by atoms with Crippen LogP contribution < -0.4 is 14.8 Å². The second kappa shape index (κ2) is 10.3. The highest BCUT2D eigenvalue weighted by molar-refractivity contribution is 7.99. The third kappa shape index (κ3) is 5.75. The number of nitro groups is 1. The number of anilines is 2. The predicted molar refractivity (Wildman–Crippen MR) is 135 cm³/mol. The first kappa shape index (κ1) is 25.0. The van der Waals surface area contributed by atoms with Gasteiger partial charge in [-0.15, -0.1) is 0 Å². The van der Waals surface area contributed by atoms with E-state index in [0.717, 1.165) is 11.8 Å². The smallest absolute Gasteiger partial charge is 0.274 e. The number of nitrogens with one attached hydrogen (secondary N) is 2. The number of methoxy groups -OCH3 is 1. The molecule has 3 aromatic carbocycles. The molecular formula is C23H20N4O7S2. The number of hydrogen-bond acceptors (Lipinski definition) is 9. The summed E-state index contributed by atoms with van der Waals surface area (Å²) in [5.41, 5.74) is 1.73. The third-order valence-electron chi connectivity index (χ3n) is 5.01. The minimum Gasteiger partial charge on any atom is -0.497 e. The van der Waals surface area contributed by atoms with E-state index < -0.39 is 20.9 Å². The normalized spacial score (nSPS) is 11.3. The predicted octanol–water partition coefficient (Wildman–Crippen LogP) is 4.58. The monoisotopic (exact) mass is 528 g/mol. The molecule has 11 nitrogen and oxygen atoms in total. The van der Waals surface area contributed by atoms with Gasteiger partial charge in [-0.2, -0.15) is 0 Å². The maximum atomic E-state index is 12.8. The molecule has 0 bridgehead atoms. The van der Waals surface area contributed by atoms with Gasteiger partial charge in [0, 0.05) is 23.0 Å². The SMILES string of the molecule is COc1ccc(NS(=O)(=O)c2ccc3oc(SCC(=O)Nc4ccc(C)c([N+](=O)[O-])c4)nc3c2)cc1. The van der Waals surface area contributed by atoms with Crippen molar-refractivity contribution in [3.8, 4) is 5.75 Å². The van der Waals surface area contributed by atoms with Gasteiger partial charge in [-0.05, 0) is 55.5 Å². The number of nitro benzene ring substituents is 1. The van der Waals surface area contributed by atoms with Crippen LogP contribution in [0.4, 0.5) is 17.1 Å². The molecular weight excluding hydrogens is 508 g/mol. The van der Waals surface area contributed by atoms with Crippen molar-refractivity contribution in [1.29, 1.82) is 0 Å². The Hall–Kier alpha value is -4.10. The fraction of sp³-hybridized carbons (Fsp3) is 0.130. The Morgan fingerprint density at radius 1 is 1.11 bits per heavy atom. The number of hydrogen-bond donors (Lipinski definition) is 2. The lowest BCUT2D eigenvalue weighted by molar-refractivity contribution is -0.385. The van der Waals surface area contributed by atoms with Crippen LogP contribution in [0.5, 0.6) is 5.75 Å². The van der Waals surface area contributed by atoms with Gasteiger partial charge >= 0.3 is 0 Å². The Balaban J connectivity index is 1.42. The van der Waals surface area contributed by atoms with Crippen molar-refractivity contribution in [2.24, 2.45) is 0 Å². The Labute approximate surface area is 210 Å². The zero-order valence-electron chi connectivity index (χ0n) is 19.0. The Morgan fingerprint density at radius 2 is 1.83 bits per heavy atom. The van der Waals surface area contributed by atoms with Gasteiger partial charge in [0.25, 0.3) is 20.9 Å². The second-order valence-corrected chi connectivity index (χ2v) is 10.1. The minimum atomic E-state index is -3.88. The maximum absolute atomic E-state index is 12.8. The lowest BCUT2D eigenvalue weighted by Gasteiger charge is -2.08. The average Bonchev–Trinajstić information content (AvgIpc) is 3.26. The van der Waals surface area contributed by atoms with E-state index >= 15 is 0 Å². The van der Waals surface area contributed by atoms with E-state index in [0.29, 0.717) is 33.8 Å². The molecule has 0 saturated carbocycles. The maximum Gasteiger partial charge on any atom is 0.274 e. The molecule has 0 saturated heterocycles. The number of benzene rings is 3. The van der Waals surface area contributed by atoms with Crippen LogP contribution in [-0.2, 0) is 14.8 Å². The van der Waals surface area contributed by atoms with Crippen LogP contribution in [0.2, 0.25) is 0 Å². The molecule has 0 fully saturated rings. The van der Waals surface area contributed by atoms with Gasteiger partial charge in [0.1, 0.15) is 11.3 Å². The number of fused-ring (bicyclic) bond motifs is 1. The number of carbonyl (C=O) groups is 1. The first-order valence-electron chi connectivity index (χ1n) is 10.4. The van der Waals surface area contributed by atoms with Gasteiger partial charge in [0.15, 0.2) is 5.58 Å². The summed E-state index contributed by atoms with van der Waals surface area (Å²) in [6.07, 6.45) is 0. The van der Waals surface area contributed by atoms with E-state index in [1.165, 1.54) is 31.4 Å². The Morgan fingerprint density at radius 3 is 2.53 bits per heavy atom. The van der Waals surface area contributed by atoms with Crippen LogP contribution >= 0.6 is 11.8 Å². The molecule has 4 aromatic rings. The second-order valence-electron chi connectivity index (χ2n) is 7.54. The van der Waals surface area contributed by atoms with Crippen molar-refractivity contribution >= 4 is 55.9 Å². The quantitative estimate of drug-likeness (QED) is 0.180. The van der Waals surface area contributed by atoms with E-state index in [9.17, 15) is 23.3 Å². The fourth-order valence-corrected chi connectivity index (χ4v) is 4.91. The molecule has 186 valence electrons. The number of nitrogens with zero attached hydrogens (tertiary/aromatic N) is 2. The number of ether oxygens (including phenoxy) is 1. The average molecular weight is 529 g/mol. The number of aryl methyl sites for hydroxylation is 1. The van der Waals surface area contributed by atoms with E-state index in [4.69, 9.17) is 9.15 Å². The van der Waals surface area contributed by atoms with Crippen molar-refractivity contribution in [2.45, 2.75) is 17.0 Å². The van der Waals surface area contributed by atoms with Crippen LogP contribution in [-0.4, -0.2) is 37.1 Å².